The molecule has 1 N–H and O–H groups in total. The van der Waals surface area contributed by atoms with Gasteiger partial charge < -0.3 is 5.11 Å². The predicted molar refractivity (Wildman–Crippen MR) is 38.7 cm³/mol. The first-order chi connectivity index (χ1) is 4.99. The number of sulfone groups is 1. The quantitative estimate of drug-likeness (QED) is 0.650. The maximum atomic E-state index is 10.8. The van der Waals surface area contributed by atoms with Gasteiger partial charge in [-0.05, 0) is 12.0 Å². The molecule has 0 aromatic carbocycles. The Labute approximate surface area is 64.4 Å². The molecule has 0 atom stereocenters. The molecular formula is C6H8O4S. The summed E-state index contributed by atoms with van der Waals surface area (Å²) in [5.41, 5.74) is 0.498. The van der Waals surface area contributed by atoms with Crippen LogP contribution >= 0.6 is 0 Å². The Balaban J connectivity index is 2.71. The van der Waals surface area contributed by atoms with E-state index in [1.807, 2.05) is 0 Å². The smallest absolute Gasteiger partial charge is 0.307 e. The number of carboxylic acid groups (broad SMARTS) is 1. The van der Waals surface area contributed by atoms with Gasteiger partial charge in [-0.1, -0.05) is 0 Å². The standard InChI is InChI=1S/C6H8O4S/c7-6(8)3-5-1-2-11(9,10)4-5/h4H,1-3H2,(H,7,8). The third-order valence-corrected chi connectivity index (χ3v) is 2.90. The van der Waals surface area contributed by atoms with Crippen LogP contribution in [-0.2, 0) is 14.6 Å². The summed E-state index contributed by atoms with van der Waals surface area (Å²) in [6.45, 7) is 0. The van der Waals surface area contributed by atoms with Gasteiger partial charge in [-0.25, -0.2) is 8.42 Å². The molecule has 5 heteroatoms. The molecule has 0 saturated carbocycles. The van der Waals surface area contributed by atoms with Crippen molar-refractivity contribution in [1.29, 1.82) is 0 Å². The van der Waals surface area contributed by atoms with Gasteiger partial charge in [0.1, 0.15) is 0 Å². The number of aliphatic carboxylic acids is 1. The minimum atomic E-state index is -3.07. The third kappa shape index (κ3) is 2.34. The van der Waals surface area contributed by atoms with Crippen LogP contribution in [0.5, 0.6) is 0 Å². The zero-order chi connectivity index (χ0) is 8.48. The molecule has 0 unspecified atom stereocenters. The number of rotatable bonds is 2. The highest BCUT2D eigenvalue weighted by atomic mass is 32.2. The second kappa shape index (κ2) is 2.65. The van der Waals surface area contributed by atoms with E-state index in [0.717, 1.165) is 5.41 Å². The Hall–Kier alpha value is -0.840. The second-order valence-corrected chi connectivity index (χ2v) is 4.43. The molecule has 1 aliphatic heterocycles. The summed E-state index contributed by atoms with van der Waals surface area (Å²) in [6, 6.07) is 0. The number of hydrogen-bond acceptors (Lipinski definition) is 3. The van der Waals surface area contributed by atoms with E-state index >= 15 is 0 Å². The van der Waals surface area contributed by atoms with Gasteiger partial charge in [-0.3, -0.25) is 4.79 Å². The van der Waals surface area contributed by atoms with E-state index in [1.165, 1.54) is 0 Å². The number of hydrogen-bond donors (Lipinski definition) is 1. The molecule has 0 fully saturated rings. The van der Waals surface area contributed by atoms with Crippen molar-refractivity contribution in [3.05, 3.63) is 11.0 Å². The minimum absolute atomic E-state index is 0.0651. The zero-order valence-corrected chi connectivity index (χ0v) is 6.60. The highest BCUT2D eigenvalue weighted by Gasteiger charge is 2.19. The fraction of sp³-hybridized carbons (Fsp3) is 0.500. The zero-order valence-electron chi connectivity index (χ0n) is 5.78. The maximum absolute atomic E-state index is 10.8. The van der Waals surface area contributed by atoms with E-state index in [4.69, 9.17) is 5.11 Å². The topological polar surface area (TPSA) is 71.4 Å². The van der Waals surface area contributed by atoms with Gasteiger partial charge >= 0.3 is 5.97 Å². The van der Waals surface area contributed by atoms with Crippen LogP contribution in [0.1, 0.15) is 12.8 Å². The summed E-state index contributed by atoms with van der Waals surface area (Å²) in [4.78, 5) is 10.1. The van der Waals surface area contributed by atoms with E-state index in [9.17, 15) is 13.2 Å². The molecular weight excluding hydrogens is 168 g/mol. The molecule has 11 heavy (non-hydrogen) atoms. The third-order valence-electron chi connectivity index (χ3n) is 1.43. The molecule has 1 rings (SSSR count). The SMILES string of the molecule is O=C(O)CC1=CS(=O)(=O)CC1. The van der Waals surface area contributed by atoms with Crippen molar-refractivity contribution in [2.45, 2.75) is 12.8 Å². The molecule has 0 spiro atoms. The van der Waals surface area contributed by atoms with Crippen molar-refractivity contribution in [3.63, 3.8) is 0 Å². The Morgan fingerprint density at radius 3 is 2.64 bits per heavy atom. The minimum Gasteiger partial charge on any atom is -0.481 e. The van der Waals surface area contributed by atoms with Gasteiger partial charge in [0.25, 0.3) is 0 Å². The summed E-state index contributed by atoms with van der Waals surface area (Å²) in [7, 11) is -3.07. The predicted octanol–water partition coefficient (Wildman–Crippen LogP) is 0.164. The number of carbonyl (C=O) groups is 1. The molecule has 0 aromatic rings. The van der Waals surface area contributed by atoms with E-state index in [2.05, 4.69) is 0 Å². The van der Waals surface area contributed by atoms with Crippen LogP contribution in [0.25, 0.3) is 0 Å². The van der Waals surface area contributed by atoms with Crippen LogP contribution in [0.3, 0.4) is 0 Å². The van der Waals surface area contributed by atoms with Crippen molar-refractivity contribution in [1.82, 2.24) is 0 Å². The first-order valence-corrected chi connectivity index (χ1v) is 4.85. The maximum Gasteiger partial charge on any atom is 0.307 e. The average Bonchev–Trinajstić information content (AvgIpc) is 2.08. The van der Waals surface area contributed by atoms with Crippen molar-refractivity contribution in [2.75, 3.05) is 5.75 Å². The molecule has 62 valence electrons. The summed E-state index contributed by atoms with van der Waals surface area (Å²) in [5.74, 6) is -0.913. The van der Waals surface area contributed by atoms with Gasteiger partial charge in [0.15, 0.2) is 9.84 Å². The summed E-state index contributed by atoms with van der Waals surface area (Å²) in [6.07, 6.45) is 0.216. The molecule has 0 bridgehead atoms. The largest absolute Gasteiger partial charge is 0.481 e. The summed E-state index contributed by atoms with van der Waals surface area (Å²) < 4.78 is 21.5. The average molecular weight is 176 g/mol. The normalized spacial score (nSPS) is 21.3. The van der Waals surface area contributed by atoms with Crippen molar-refractivity contribution >= 4 is 15.8 Å². The van der Waals surface area contributed by atoms with Gasteiger partial charge in [0, 0.05) is 5.41 Å². The summed E-state index contributed by atoms with van der Waals surface area (Å²) in [5, 5.41) is 9.38. The Bertz CT molecular complexity index is 299. The lowest BCUT2D eigenvalue weighted by Gasteiger charge is -1.90. The van der Waals surface area contributed by atoms with Crippen LogP contribution in [0.2, 0.25) is 0 Å². The van der Waals surface area contributed by atoms with Crippen LogP contribution in [-0.4, -0.2) is 25.2 Å². The van der Waals surface area contributed by atoms with E-state index in [-0.39, 0.29) is 12.2 Å². The molecule has 0 saturated heterocycles. The molecule has 1 aliphatic rings. The van der Waals surface area contributed by atoms with E-state index < -0.39 is 15.8 Å². The van der Waals surface area contributed by atoms with Crippen LogP contribution in [0.4, 0.5) is 0 Å². The van der Waals surface area contributed by atoms with E-state index in [0.29, 0.717) is 12.0 Å². The lowest BCUT2D eigenvalue weighted by atomic mass is 10.2. The lowest BCUT2D eigenvalue weighted by Crippen LogP contribution is -1.95. The second-order valence-electron chi connectivity index (χ2n) is 2.46. The van der Waals surface area contributed by atoms with Gasteiger partial charge in [0.05, 0.1) is 12.2 Å². The monoisotopic (exact) mass is 176 g/mol. The Morgan fingerprint density at radius 1 is 1.64 bits per heavy atom. The summed E-state index contributed by atoms with van der Waals surface area (Å²) >= 11 is 0. The molecule has 4 nitrogen and oxygen atoms in total. The molecule has 1 heterocycles. The van der Waals surface area contributed by atoms with Crippen LogP contribution < -0.4 is 0 Å². The highest BCUT2D eigenvalue weighted by Crippen LogP contribution is 2.18. The van der Waals surface area contributed by atoms with E-state index in [1.54, 1.807) is 0 Å². The Morgan fingerprint density at radius 2 is 2.27 bits per heavy atom. The van der Waals surface area contributed by atoms with Crippen molar-refractivity contribution in [3.8, 4) is 0 Å². The fourth-order valence-corrected chi connectivity index (χ4v) is 2.34. The fourth-order valence-electron chi connectivity index (χ4n) is 0.969. The van der Waals surface area contributed by atoms with Crippen molar-refractivity contribution in [2.24, 2.45) is 0 Å². The van der Waals surface area contributed by atoms with Gasteiger partial charge in [-0.2, -0.15) is 0 Å². The van der Waals surface area contributed by atoms with Gasteiger partial charge in [0.2, 0.25) is 0 Å². The first kappa shape index (κ1) is 8.26. The lowest BCUT2D eigenvalue weighted by molar-refractivity contribution is -0.136. The molecule has 0 aliphatic carbocycles. The molecule has 0 aromatic heterocycles. The van der Waals surface area contributed by atoms with Crippen LogP contribution in [0.15, 0.2) is 11.0 Å². The first-order valence-electron chi connectivity index (χ1n) is 3.13. The molecule has 0 radical (unpaired) electrons. The molecule has 0 amide bonds. The number of carboxylic acids is 1. The van der Waals surface area contributed by atoms with Gasteiger partial charge in [-0.15, -0.1) is 0 Å². The van der Waals surface area contributed by atoms with Crippen molar-refractivity contribution < 1.29 is 18.3 Å². The highest BCUT2D eigenvalue weighted by molar-refractivity contribution is 7.94. The Kier molecular flexibility index (Phi) is 1.99. The van der Waals surface area contributed by atoms with Crippen LogP contribution in [0, 0.1) is 0 Å².